The molecule has 0 aliphatic heterocycles. The molecule has 0 aliphatic rings. The summed E-state index contributed by atoms with van der Waals surface area (Å²) in [6, 6.07) is 3.73. The molecule has 4 heteroatoms. The maximum atomic E-state index is 11.6. The van der Waals surface area contributed by atoms with Crippen LogP contribution in [0.2, 0.25) is 0 Å². The Morgan fingerprint density at radius 2 is 2.00 bits per heavy atom. The molecular formula is C12H13N3O. The van der Waals surface area contributed by atoms with E-state index in [-0.39, 0.29) is 5.56 Å². The third kappa shape index (κ3) is 1.86. The van der Waals surface area contributed by atoms with Crippen molar-refractivity contribution in [1.29, 1.82) is 0 Å². The number of nitrogens with zero attached hydrogens (tertiary/aromatic N) is 2. The second-order valence-electron chi connectivity index (χ2n) is 3.81. The van der Waals surface area contributed by atoms with E-state index < -0.39 is 0 Å². The summed E-state index contributed by atoms with van der Waals surface area (Å²) in [6.45, 7) is 5.51. The summed E-state index contributed by atoms with van der Waals surface area (Å²) in [6.07, 6.45) is 1.71. The van der Waals surface area contributed by atoms with Gasteiger partial charge in [0.15, 0.2) is 0 Å². The van der Waals surface area contributed by atoms with E-state index in [2.05, 4.69) is 15.0 Å². The fourth-order valence-electron chi connectivity index (χ4n) is 1.47. The van der Waals surface area contributed by atoms with Gasteiger partial charge in [0.1, 0.15) is 5.82 Å². The van der Waals surface area contributed by atoms with Crippen molar-refractivity contribution in [2.24, 2.45) is 0 Å². The molecule has 4 nitrogen and oxygen atoms in total. The highest BCUT2D eigenvalue weighted by Crippen LogP contribution is 2.14. The fourth-order valence-corrected chi connectivity index (χ4v) is 1.47. The first-order valence-corrected chi connectivity index (χ1v) is 5.08. The molecule has 0 saturated heterocycles. The van der Waals surface area contributed by atoms with Crippen LogP contribution >= 0.6 is 0 Å². The highest BCUT2D eigenvalue weighted by atomic mass is 16.1. The van der Waals surface area contributed by atoms with Crippen molar-refractivity contribution in [1.82, 2.24) is 15.0 Å². The second-order valence-corrected chi connectivity index (χ2v) is 3.81. The van der Waals surface area contributed by atoms with E-state index >= 15 is 0 Å². The molecule has 2 heterocycles. The molecule has 82 valence electrons. The molecule has 0 spiro atoms. The van der Waals surface area contributed by atoms with E-state index in [0.29, 0.717) is 11.4 Å². The van der Waals surface area contributed by atoms with E-state index in [1.807, 2.05) is 26.0 Å². The summed E-state index contributed by atoms with van der Waals surface area (Å²) >= 11 is 0. The number of rotatable bonds is 1. The molecule has 0 amide bonds. The van der Waals surface area contributed by atoms with Gasteiger partial charge in [-0.1, -0.05) is 0 Å². The maximum Gasteiger partial charge on any atom is 0.254 e. The van der Waals surface area contributed by atoms with Crippen LogP contribution in [-0.2, 0) is 0 Å². The van der Waals surface area contributed by atoms with Gasteiger partial charge in [-0.3, -0.25) is 9.78 Å². The molecule has 0 saturated carbocycles. The maximum absolute atomic E-state index is 11.6. The van der Waals surface area contributed by atoms with Gasteiger partial charge in [-0.05, 0) is 32.9 Å². The lowest BCUT2D eigenvalue weighted by Gasteiger charge is -2.04. The highest BCUT2D eigenvalue weighted by molar-refractivity contribution is 5.54. The molecule has 2 rings (SSSR count). The smallest absolute Gasteiger partial charge is 0.254 e. The van der Waals surface area contributed by atoms with Crippen LogP contribution in [0.4, 0.5) is 0 Å². The second kappa shape index (κ2) is 3.89. The summed E-state index contributed by atoms with van der Waals surface area (Å²) in [5.41, 5.74) is 3.12. The van der Waals surface area contributed by atoms with Gasteiger partial charge in [0.25, 0.3) is 5.56 Å². The van der Waals surface area contributed by atoms with Crippen molar-refractivity contribution >= 4 is 0 Å². The largest absolute Gasteiger partial charge is 0.306 e. The van der Waals surface area contributed by atoms with E-state index in [1.54, 1.807) is 13.1 Å². The molecule has 0 radical (unpaired) electrons. The van der Waals surface area contributed by atoms with Gasteiger partial charge in [0.05, 0.1) is 0 Å². The van der Waals surface area contributed by atoms with Crippen LogP contribution in [0.15, 0.2) is 23.1 Å². The number of hydrogen-bond acceptors (Lipinski definition) is 3. The number of hydrogen-bond donors (Lipinski definition) is 1. The number of aryl methyl sites for hydroxylation is 2. The van der Waals surface area contributed by atoms with Crippen molar-refractivity contribution in [3.05, 3.63) is 45.6 Å². The van der Waals surface area contributed by atoms with Crippen LogP contribution in [0, 0.1) is 20.8 Å². The molecule has 2 aromatic rings. The van der Waals surface area contributed by atoms with Gasteiger partial charge in [0.2, 0.25) is 0 Å². The zero-order chi connectivity index (χ0) is 11.7. The molecule has 0 bridgehead atoms. The Morgan fingerprint density at radius 3 is 2.62 bits per heavy atom. The van der Waals surface area contributed by atoms with Gasteiger partial charge >= 0.3 is 0 Å². The minimum absolute atomic E-state index is 0.0861. The Kier molecular flexibility index (Phi) is 2.56. The lowest BCUT2D eigenvalue weighted by atomic mass is 10.2. The van der Waals surface area contributed by atoms with Crippen LogP contribution in [0.5, 0.6) is 0 Å². The zero-order valence-corrected chi connectivity index (χ0v) is 9.53. The summed E-state index contributed by atoms with van der Waals surface area (Å²) < 4.78 is 0. The SMILES string of the molecule is Cc1cc(-c2nc(C)c(C)c(=O)[nH]2)ccn1. The number of aromatic amines is 1. The third-order valence-electron chi connectivity index (χ3n) is 2.56. The third-order valence-corrected chi connectivity index (χ3v) is 2.56. The minimum atomic E-state index is -0.0861. The average molecular weight is 215 g/mol. The van der Waals surface area contributed by atoms with Crippen molar-refractivity contribution in [2.45, 2.75) is 20.8 Å². The molecule has 0 aromatic carbocycles. The Hall–Kier alpha value is -1.97. The normalized spacial score (nSPS) is 10.4. The molecule has 16 heavy (non-hydrogen) atoms. The monoisotopic (exact) mass is 215 g/mol. The van der Waals surface area contributed by atoms with Gasteiger partial charge < -0.3 is 4.98 Å². The standard InChI is InChI=1S/C12H13N3O/c1-7-6-10(4-5-13-7)11-14-9(3)8(2)12(16)15-11/h4-6H,1-3H3,(H,14,15,16). The van der Waals surface area contributed by atoms with Gasteiger partial charge in [-0.25, -0.2) is 4.98 Å². The van der Waals surface area contributed by atoms with Crippen LogP contribution in [0.3, 0.4) is 0 Å². The molecule has 0 fully saturated rings. The summed E-state index contributed by atoms with van der Waals surface area (Å²) in [4.78, 5) is 22.8. The van der Waals surface area contributed by atoms with Crippen molar-refractivity contribution in [2.75, 3.05) is 0 Å². The fraction of sp³-hybridized carbons (Fsp3) is 0.250. The molecule has 0 atom stereocenters. The average Bonchev–Trinajstić information content (AvgIpc) is 2.25. The summed E-state index contributed by atoms with van der Waals surface area (Å²) in [7, 11) is 0. The lowest BCUT2D eigenvalue weighted by molar-refractivity contribution is 1.03. The van der Waals surface area contributed by atoms with E-state index in [9.17, 15) is 4.79 Å². The Labute approximate surface area is 93.4 Å². The molecule has 2 aromatic heterocycles. The van der Waals surface area contributed by atoms with E-state index in [1.165, 1.54) is 0 Å². The van der Waals surface area contributed by atoms with Crippen LogP contribution in [0.1, 0.15) is 17.0 Å². The highest BCUT2D eigenvalue weighted by Gasteiger charge is 2.05. The number of aromatic nitrogens is 3. The lowest BCUT2D eigenvalue weighted by Crippen LogP contribution is -2.14. The van der Waals surface area contributed by atoms with Crippen molar-refractivity contribution < 1.29 is 0 Å². The quantitative estimate of drug-likeness (QED) is 0.788. The minimum Gasteiger partial charge on any atom is -0.306 e. The number of pyridine rings is 1. The van der Waals surface area contributed by atoms with Gasteiger partial charge in [-0.2, -0.15) is 0 Å². The van der Waals surface area contributed by atoms with Gasteiger partial charge in [0, 0.05) is 28.7 Å². The van der Waals surface area contributed by atoms with E-state index in [4.69, 9.17) is 0 Å². The molecule has 1 N–H and O–H groups in total. The number of H-pyrrole nitrogens is 1. The molecular weight excluding hydrogens is 202 g/mol. The summed E-state index contributed by atoms with van der Waals surface area (Å²) in [5, 5.41) is 0. The number of nitrogens with one attached hydrogen (secondary N) is 1. The van der Waals surface area contributed by atoms with Crippen molar-refractivity contribution in [3.63, 3.8) is 0 Å². The van der Waals surface area contributed by atoms with Crippen LogP contribution in [-0.4, -0.2) is 15.0 Å². The Morgan fingerprint density at radius 1 is 1.25 bits per heavy atom. The molecule has 0 unspecified atom stereocenters. The Bertz CT molecular complexity index is 587. The first-order chi connectivity index (χ1) is 7.58. The first kappa shape index (κ1) is 10.5. The van der Waals surface area contributed by atoms with Gasteiger partial charge in [-0.15, -0.1) is 0 Å². The van der Waals surface area contributed by atoms with Crippen molar-refractivity contribution in [3.8, 4) is 11.4 Å². The first-order valence-electron chi connectivity index (χ1n) is 5.08. The zero-order valence-electron chi connectivity index (χ0n) is 9.53. The van der Waals surface area contributed by atoms with E-state index in [0.717, 1.165) is 17.0 Å². The predicted molar refractivity (Wildman–Crippen MR) is 62.3 cm³/mol. The predicted octanol–water partition coefficient (Wildman–Crippen LogP) is 1.76. The topological polar surface area (TPSA) is 58.6 Å². The Balaban J connectivity index is 2.61. The van der Waals surface area contributed by atoms with Crippen LogP contribution in [0.25, 0.3) is 11.4 Å². The molecule has 0 aliphatic carbocycles. The summed E-state index contributed by atoms with van der Waals surface area (Å²) in [5.74, 6) is 0.596. The van der Waals surface area contributed by atoms with Crippen LogP contribution < -0.4 is 5.56 Å².